The SMILES string of the molecule is Cc1ccc2c(c1N)CC(=O)CN2. The molecule has 0 atom stereocenters. The lowest BCUT2D eigenvalue weighted by atomic mass is 9.98. The summed E-state index contributed by atoms with van der Waals surface area (Å²) in [7, 11) is 0. The van der Waals surface area contributed by atoms with E-state index in [1.54, 1.807) is 0 Å². The Labute approximate surface area is 76.9 Å². The van der Waals surface area contributed by atoms with Crippen LogP contribution in [0.3, 0.4) is 0 Å². The highest BCUT2D eigenvalue weighted by atomic mass is 16.1. The normalized spacial score (nSPS) is 15.0. The van der Waals surface area contributed by atoms with Gasteiger partial charge in [0.05, 0.1) is 6.54 Å². The summed E-state index contributed by atoms with van der Waals surface area (Å²) in [6.45, 7) is 2.38. The summed E-state index contributed by atoms with van der Waals surface area (Å²) < 4.78 is 0. The second-order valence-corrected chi connectivity index (χ2v) is 3.39. The number of carbonyl (C=O) groups is 1. The van der Waals surface area contributed by atoms with Crippen LogP contribution in [0.1, 0.15) is 11.1 Å². The summed E-state index contributed by atoms with van der Waals surface area (Å²) in [4.78, 5) is 11.2. The van der Waals surface area contributed by atoms with Crippen molar-refractivity contribution in [2.45, 2.75) is 13.3 Å². The molecule has 0 amide bonds. The lowest BCUT2D eigenvalue weighted by Gasteiger charge is -2.19. The van der Waals surface area contributed by atoms with E-state index in [1.807, 2.05) is 19.1 Å². The molecule has 1 aliphatic rings. The van der Waals surface area contributed by atoms with Gasteiger partial charge in [-0.25, -0.2) is 0 Å². The van der Waals surface area contributed by atoms with E-state index in [0.29, 0.717) is 13.0 Å². The fourth-order valence-corrected chi connectivity index (χ4v) is 1.59. The third kappa shape index (κ3) is 1.26. The average Bonchev–Trinajstić information content (AvgIpc) is 2.12. The van der Waals surface area contributed by atoms with Crippen LogP contribution < -0.4 is 11.1 Å². The van der Waals surface area contributed by atoms with Gasteiger partial charge < -0.3 is 11.1 Å². The Morgan fingerprint density at radius 2 is 2.23 bits per heavy atom. The zero-order valence-electron chi connectivity index (χ0n) is 7.55. The topological polar surface area (TPSA) is 55.1 Å². The smallest absolute Gasteiger partial charge is 0.156 e. The molecule has 68 valence electrons. The molecule has 0 aromatic heterocycles. The van der Waals surface area contributed by atoms with E-state index >= 15 is 0 Å². The fourth-order valence-electron chi connectivity index (χ4n) is 1.59. The van der Waals surface area contributed by atoms with Crippen LogP contribution >= 0.6 is 0 Å². The molecule has 3 nitrogen and oxygen atoms in total. The minimum absolute atomic E-state index is 0.199. The van der Waals surface area contributed by atoms with Crippen molar-refractivity contribution in [2.24, 2.45) is 0 Å². The van der Waals surface area contributed by atoms with Gasteiger partial charge in [-0.3, -0.25) is 4.79 Å². The van der Waals surface area contributed by atoms with Crippen molar-refractivity contribution in [1.82, 2.24) is 0 Å². The predicted molar refractivity (Wildman–Crippen MR) is 52.8 cm³/mol. The van der Waals surface area contributed by atoms with E-state index < -0.39 is 0 Å². The van der Waals surface area contributed by atoms with Gasteiger partial charge in [-0.15, -0.1) is 0 Å². The lowest BCUT2D eigenvalue weighted by Crippen LogP contribution is -2.23. The van der Waals surface area contributed by atoms with E-state index in [1.165, 1.54) is 0 Å². The first-order chi connectivity index (χ1) is 6.18. The minimum Gasteiger partial charge on any atom is -0.398 e. The maximum absolute atomic E-state index is 11.2. The highest BCUT2D eigenvalue weighted by molar-refractivity contribution is 5.92. The zero-order valence-corrected chi connectivity index (χ0v) is 7.55. The molecule has 0 spiro atoms. The van der Waals surface area contributed by atoms with Gasteiger partial charge in [0, 0.05) is 23.4 Å². The van der Waals surface area contributed by atoms with Crippen LogP contribution in [0.15, 0.2) is 12.1 Å². The summed E-state index contributed by atoms with van der Waals surface area (Å²) >= 11 is 0. The number of nitrogens with one attached hydrogen (secondary N) is 1. The molecule has 0 fully saturated rings. The number of hydrogen-bond donors (Lipinski definition) is 2. The maximum atomic E-state index is 11.2. The Hall–Kier alpha value is -1.51. The third-order valence-electron chi connectivity index (χ3n) is 2.43. The van der Waals surface area contributed by atoms with Crippen LogP contribution in [0.2, 0.25) is 0 Å². The maximum Gasteiger partial charge on any atom is 0.156 e. The van der Waals surface area contributed by atoms with Crippen molar-refractivity contribution in [3.63, 3.8) is 0 Å². The number of aryl methyl sites for hydroxylation is 1. The Balaban J connectivity index is 2.54. The van der Waals surface area contributed by atoms with Gasteiger partial charge in [-0.1, -0.05) is 6.07 Å². The number of anilines is 2. The van der Waals surface area contributed by atoms with Crippen LogP contribution in [0.25, 0.3) is 0 Å². The number of ketones is 1. The number of rotatable bonds is 0. The molecule has 1 aromatic rings. The highest BCUT2D eigenvalue weighted by Gasteiger charge is 2.17. The molecule has 3 N–H and O–H groups in total. The van der Waals surface area contributed by atoms with Gasteiger partial charge in [0.1, 0.15) is 0 Å². The number of Topliss-reactive ketones (excluding diaryl/α,β-unsaturated/α-hetero) is 1. The summed E-state index contributed by atoms with van der Waals surface area (Å²) in [5.41, 5.74) is 9.62. The average molecular weight is 176 g/mol. The second-order valence-electron chi connectivity index (χ2n) is 3.39. The molecule has 3 heteroatoms. The Morgan fingerprint density at radius 3 is 3.00 bits per heavy atom. The van der Waals surface area contributed by atoms with Crippen LogP contribution in [0.5, 0.6) is 0 Å². The van der Waals surface area contributed by atoms with Gasteiger partial charge in [-0.2, -0.15) is 0 Å². The van der Waals surface area contributed by atoms with Gasteiger partial charge in [0.25, 0.3) is 0 Å². The molecule has 0 aliphatic carbocycles. The quantitative estimate of drug-likeness (QED) is 0.582. The predicted octanol–water partition coefficient (Wildman–Crippen LogP) is 1.11. The largest absolute Gasteiger partial charge is 0.398 e. The molecule has 0 saturated heterocycles. The van der Waals surface area contributed by atoms with Crippen molar-refractivity contribution >= 4 is 17.2 Å². The molecule has 2 rings (SSSR count). The van der Waals surface area contributed by atoms with Crippen molar-refractivity contribution in [3.05, 3.63) is 23.3 Å². The monoisotopic (exact) mass is 176 g/mol. The van der Waals surface area contributed by atoms with Gasteiger partial charge >= 0.3 is 0 Å². The van der Waals surface area contributed by atoms with Gasteiger partial charge in [0.2, 0.25) is 0 Å². The Kier molecular flexibility index (Phi) is 1.72. The number of carbonyl (C=O) groups excluding carboxylic acids is 1. The Morgan fingerprint density at radius 1 is 1.46 bits per heavy atom. The van der Waals surface area contributed by atoms with Crippen LogP contribution in [-0.2, 0) is 11.2 Å². The van der Waals surface area contributed by atoms with Crippen molar-refractivity contribution < 1.29 is 4.79 Å². The van der Waals surface area contributed by atoms with E-state index in [-0.39, 0.29) is 5.78 Å². The molecule has 1 aliphatic heterocycles. The summed E-state index contributed by atoms with van der Waals surface area (Å²) in [5, 5.41) is 3.05. The first kappa shape index (κ1) is 8.10. The fraction of sp³-hybridized carbons (Fsp3) is 0.300. The summed E-state index contributed by atoms with van der Waals surface area (Å²) in [6, 6.07) is 3.95. The second kappa shape index (κ2) is 2.76. The molecule has 0 bridgehead atoms. The Bertz CT molecular complexity index is 371. The number of fused-ring (bicyclic) bond motifs is 1. The van der Waals surface area contributed by atoms with E-state index in [0.717, 1.165) is 22.5 Å². The van der Waals surface area contributed by atoms with Crippen molar-refractivity contribution in [3.8, 4) is 0 Å². The van der Waals surface area contributed by atoms with Crippen LogP contribution in [0.4, 0.5) is 11.4 Å². The van der Waals surface area contributed by atoms with Crippen molar-refractivity contribution in [1.29, 1.82) is 0 Å². The number of benzene rings is 1. The minimum atomic E-state index is 0.199. The third-order valence-corrected chi connectivity index (χ3v) is 2.43. The first-order valence-corrected chi connectivity index (χ1v) is 4.32. The number of nitrogens with two attached hydrogens (primary N) is 1. The molecule has 0 radical (unpaired) electrons. The molecule has 1 aromatic carbocycles. The molecule has 0 unspecified atom stereocenters. The molecular weight excluding hydrogens is 164 g/mol. The van der Waals surface area contributed by atoms with Crippen LogP contribution in [0, 0.1) is 6.92 Å². The molecule has 0 saturated carbocycles. The summed E-state index contributed by atoms with van der Waals surface area (Å²) in [5.74, 6) is 0.199. The number of nitrogen functional groups attached to an aromatic ring is 1. The molecular formula is C10H12N2O. The van der Waals surface area contributed by atoms with E-state index in [2.05, 4.69) is 5.32 Å². The highest BCUT2D eigenvalue weighted by Crippen LogP contribution is 2.28. The molecule has 13 heavy (non-hydrogen) atoms. The first-order valence-electron chi connectivity index (χ1n) is 4.32. The van der Waals surface area contributed by atoms with Gasteiger partial charge in [-0.05, 0) is 18.6 Å². The van der Waals surface area contributed by atoms with Crippen molar-refractivity contribution in [2.75, 3.05) is 17.6 Å². The summed E-state index contributed by atoms with van der Waals surface area (Å²) in [6.07, 6.45) is 0.468. The molecule has 1 heterocycles. The standard InChI is InChI=1S/C10H12N2O/c1-6-2-3-9-8(10(6)11)4-7(13)5-12-9/h2-3,12H,4-5,11H2,1H3. The zero-order chi connectivity index (χ0) is 9.42. The lowest BCUT2D eigenvalue weighted by molar-refractivity contribution is -0.117. The van der Waals surface area contributed by atoms with Crippen LogP contribution in [-0.4, -0.2) is 12.3 Å². The number of hydrogen-bond acceptors (Lipinski definition) is 3. The van der Waals surface area contributed by atoms with Gasteiger partial charge in [0.15, 0.2) is 5.78 Å². The van der Waals surface area contributed by atoms with E-state index in [9.17, 15) is 4.79 Å². The van der Waals surface area contributed by atoms with E-state index in [4.69, 9.17) is 5.73 Å².